The molecule has 2 heterocycles. The van der Waals surface area contributed by atoms with Gasteiger partial charge in [-0.2, -0.15) is 0 Å². The van der Waals surface area contributed by atoms with Crippen LogP contribution in [0.15, 0.2) is 64.3 Å². The molecule has 0 aliphatic carbocycles. The lowest BCUT2D eigenvalue weighted by Gasteiger charge is -2.32. The Morgan fingerprint density at radius 3 is 2.69 bits per heavy atom. The number of hydrogen-bond acceptors (Lipinski definition) is 6. The minimum Gasteiger partial charge on any atom is -0.450 e. The Balaban J connectivity index is 1.99. The van der Waals surface area contributed by atoms with Gasteiger partial charge in [0.05, 0.1) is 23.0 Å². The van der Waals surface area contributed by atoms with E-state index in [9.17, 15) is 0 Å². The summed E-state index contributed by atoms with van der Waals surface area (Å²) in [6.45, 7) is 7.50. The maximum Gasteiger partial charge on any atom is 0.255 e. The van der Waals surface area contributed by atoms with E-state index in [-0.39, 0.29) is 17.3 Å². The summed E-state index contributed by atoms with van der Waals surface area (Å²) in [5.74, 6) is 0.280. The number of thioether (sulfide) groups is 1. The van der Waals surface area contributed by atoms with Crippen LogP contribution in [0.2, 0.25) is 5.02 Å². The van der Waals surface area contributed by atoms with Gasteiger partial charge in [0.15, 0.2) is 6.73 Å². The first-order chi connectivity index (χ1) is 13.9. The van der Waals surface area contributed by atoms with E-state index in [1.807, 2.05) is 42.6 Å². The van der Waals surface area contributed by atoms with E-state index in [2.05, 4.69) is 41.6 Å². The number of halogens is 1. The molecule has 0 amide bonds. The normalized spacial score (nSPS) is 16.7. The van der Waals surface area contributed by atoms with Crippen molar-refractivity contribution < 1.29 is 4.74 Å². The van der Waals surface area contributed by atoms with Crippen LogP contribution in [0.3, 0.4) is 0 Å². The van der Waals surface area contributed by atoms with Gasteiger partial charge in [0.25, 0.3) is 5.17 Å². The van der Waals surface area contributed by atoms with Crippen LogP contribution < -0.4 is 5.73 Å². The standard InChI is InChI=1S/C21H25ClN4OS2/c1-14(2)19-20(29-18-9-6-7-16(22)11-18)25(12-17-8-4-5-10-24-17)15(3)26(19)13-27-21(23)28/h4-11,14-15H,12-13H2,1-3H3,(H2,23,28). The third kappa shape index (κ3) is 5.35. The van der Waals surface area contributed by atoms with Crippen LogP contribution in [0.25, 0.3) is 0 Å². The number of nitrogens with zero attached hydrogens (tertiary/aromatic N) is 3. The fourth-order valence-corrected chi connectivity index (χ4v) is 4.98. The van der Waals surface area contributed by atoms with Crippen LogP contribution in [0.4, 0.5) is 0 Å². The van der Waals surface area contributed by atoms with Crippen molar-refractivity contribution in [2.24, 2.45) is 11.7 Å². The molecule has 0 saturated carbocycles. The molecule has 8 heteroatoms. The smallest absolute Gasteiger partial charge is 0.255 e. The minimum absolute atomic E-state index is 0.0486. The van der Waals surface area contributed by atoms with Gasteiger partial charge < -0.3 is 20.3 Å². The second-order valence-corrected chi connectivity index (χ2v) is 8.95. The molecule has 1 aliphatic rings. The molecule has 0 bridgehead atoms. The highest BCUT2D eigenvalue weighted by atomic mass is 35.5. The Morgan fingerprint density at radius 1 is 1.28 bits per heavy atom. The zero-order valence-electron chi connectivity index (χ0n) is 16.7. The number of aromatic nitrogens is 1. The van der Waals surface area contributed by atoms with E-state index in [4.69, 9.17) is 34.3 Å². The number of nitrogens with two attached hydrogens (primary N) is 1. The van der Waals surface area contributed by atoms with Crippen LogP contribution in [0.5, 0.6) is 0 Å². The number of hydrogen-bond donors (Lipinski definition) is 1. The number of benzene rings is 1. The summed E-state index contributed by atoms with van der Waals surface area (Å²) in [5, 5.41) is 1.93. The van der Waals surface area contributed by atoms with Crippen LogP contribution in [0.1, 0.15) is 26.5 Å². The van der Waals surface area contributed by atoms with Gasteiger partial charge in [0, 0.05) is 16.1 Å². The van der Waals surface area contributed by atoms with Gasteiger partial charge in [-0.25, -0.2) is 0 Å². The maximum absolute atomic E-state index is 6.23. The zero-order valence-corrected chi connectivity index (χ0v) is 19.1. The molecule has 1 aliphatic heterocycles. The molecule has 0 spiro atoms. The van der Waals surface area contributed by atoms with Crippen molar-refractivity contribution >= 4 is 40.8 Å². The Bertz CT molecular complexity index is 891. The average Bonchev–Trinajstić information content (AvgIpc) is 2.92. The molecule has 5 nitrogen and oxygen atoms in total. The van der Waals surface area contributed by atoms with E-state index in [1.165, 1.54) is 5.70 Å². The Hall–Kier alpha value is -1.96. The van der Waals surface area contributed by atoms with Crippen molar-refractivity contribution in [3.05, 3.63) is 70.1 Å². The highest BCUT2D eigenvalue weighted by Crippen LogP contribution is 2.43. The fraction of sp³-hybridized carbons (Fsp3) is 0.333. The largest absolute Gasteiger partial charge is 0.450 e. The zero-order chi connectivity index (χ0) is 21.0. The van der Waals surface area contributed by atoms with Gasteiger partial charge in [-0.3, -0.25) is 4.98 Å². The van der Waals surface area contributed by atoms with E-state index in [1.54, 1.807) is 11.8 Å². The van der Waals surface area contributed by atoms with Gasteiger partial charge in [0.1, 0.15) is 6.17 Å². The van der Waals surface area contributed by atoms with E-state index in [0.717, 1.165) is 20.6 Å². The predicted molar refractivity (Wildman–Crippen MR) is 123 cm³/mol. The molecule has 1 atom stereocenters. The number of rotatable bonds is 7. The van der Waals surface area contributed by atoms with Crippen molar-refractivity contribution in [2.75, 3.05) is 6.73 Å². The number of ether oxygens (including phenoxy) is 1. The molecule has 154 valence electrons. The van der Waals surface area contributed by atoms with E-state index in [0.29, 0.717) is 13.3 Å². The van der Waals surface area contributed by atoms with Gasteiger partial charge in [-0.15, -0.1) is 0 Å². The van der Waals surface area contributed by atoms with Crippen LogP contribution in [-0.2, 0) is 11.3 Å². The molecular formula is C21H25ClN4OS2. The highest BCUT2D eigenvalue weighted by molar-refractivity contribution is 8.03. The summed E-state index contributed by atoms with van der Waals surface area (Å²) in [5.41, 5.74) is 7.79. The van der Waals surface area contributed by atoms with Crippen molar-refractivity contribution in [3.63, 3.8) is 0 Å². The van der Waals surface area contributed by atoms with E-state index >= 15 is 0 Å². The topological polar surface area (TPSA) is 54.6 Å². The Kier molecular flexibility index (Phi) is 7.27. The molecule has 29 heavy (non-hydrogen) atoms. The average molecular weight is 449 g/mol. The molecule has 1 unspecified atom stereocenters. The van der Waals surface area contributed by atoms with Gasteiger partial charge in [-0.1, -0.05) is 49.3 Å². The predicted octanol–water partition coefficient (Wildman–Crippen LogP) is 5.03. The second-order valence-electron chi connectivity index (χ2n) is 7.05. The quantitative estimate of drug-likeness (QED) is 0.596. The lowest BCUT2D eigenvalue weighted by Crippen LogP contribution is -2.40. The molecule has 0 fully saturated rings. The first-order valence-corrected chi connectivity index (χ1v) is 11.0. The molecular weight excluding hydrogens is 424 g/mol. The monoisotopic (exact) mass is 448 g/mol. The SMILES string of the molecule is CC(C)C1=C(Sc2cccc(Cl)c2)N(Cc2ccccn2)C(C)N1COC(N)=S. The molecule has 0 saturated heterocycles. The summed E-state index contributed by atoms with van der Waals surface area (Å²) in [7, 11) is 0. The first-order valence-electron chi connectivity index (χ1n) is 9.40. The van der Waals surface area contributed by atoms with Crippen LogP contribution in [-0.4, -0.2) is 32.9 Å². The summed E-state index contributed by atoms with van der Waals surface area (Å²) in [6, 6.07) is 13.9. The summed E-state index contributed by atoms with van der Waals surface area (Å²) < 4.78 is 5.52. The first kappa shape index (κ1) is 21.7. The lowest BCUT2D eigenvalue weighted by molar-refractivity contribution is 0.0674. The van der Waals surface area contributed by atoms with Crippen molar-refractivity contribution in [2.45, 2.75) is 38.4 Å². The number of pyridine rings is 1. The lowest BCUT2D eigenvalue weighted by atomic mass is 10.1. The molecule has 1 aromatic heterocycles. The molecule has 2 aromatic rings. The third-order valence-electron chi connectivity index (χ3n) is 4.65. The van der Waals surface area contributed by atoms with Gasteiger partial charge in [-0.05, 0) is 55.4 Å². The Morgan fingerprint density at radius 2 is 2.07 bits per heavy atom. The number of allylic oxidation sites excluding steroid dienone is 1. The third-order valence-corrected chi connectivity index (χ3v) is 6.13. The van der Waals surface area contributed by atoms with Crippen LogP contribution in [0, 0.1) is 5.92 Å². The van der Waals surface area contributed by atoms with Crippen LogP contribution >= 0.6 is 35.6 Å². The number of thiocarbonyl (C=S) groups is 1. The van der Waals surface area contributed by atoms with Gasteiger partial charge >= 0.3 is 0 Å². The summed E-state index contributed by atoms with van der Waals surface area (Å²) >= 11 is 12.9. The van der Waals surface area contributed by atoms with E-state index < -0.39 is 0 Å². The van der Waals surface area contributed by atoms with Crippen molar-refractivity contribution in [3.8, 4) is 0 Å². The highest BCUT2D eigenvalue weighted by Gasteiger charge is 2.37. The molecule has 1 aromatic carbocycles. The fourth-order valence-electron chi connectivity index (χ4n) is 3.32. The van der Waals surface area contributed by atoms with Crippen molar-refractivity contribution in [1.82, 2.24) is 14.8 Å². The maximum atomic E-state index is 6.23. The van der Waals surface area contributed by atoms with Crippen molar-refractivity contribution in [1.29, 1.82) is 0 Å². The van der Waals surface area contributed by atoms with Gasteiger partial charge in [0.2, 0.25) is 0 Å². The summed E-state index contributed by atoms with van der Waals surface area (Å²) in [4.78, 5) is 10.1. The Labute approximate surface area is 186 Å². The summed E-state index contributed by atoms with van der Waals surface area (Å²) in [6.07, 6.45) is 1.88. The minimum atomic E-state index is 0.0486. The second kappa shape index (κ2) is 9.69. The molecule has 0 radical (unpaired) electrons. The molecule has 2 N–H and O–H groups in total. The molecule has 3 rings (SSSR count).